The van der Waals surface area contributed by atoms with Gasteiger partial charge in [-0.05, 0) is 37.6 Å². The van der Waals surface area contributed by atoms with E-state index in [1.807, 2.05) is 36.4 Å². The fraction of sp³-hybridized carbons (Fsp3) is 0.350. The molecule has 5 heteroatoms. The Labute approximate surface area is 148 Å². The van der Waals surface area contributed by atoms with Crippen LogP contribution in [0.1, 0.15) is 26.7 Å². The van der Waals surface area contributed by atoms with Crippen LogP contribution in [-0.2, 0) is 4.79 Å². The molecule has 0 bridgehead atoms. The molecule has 5 nitrogen and oxygen atoms in total. The minimum atomic E-state index is -0.657. The molecule has 0 spiro atoms. The van der Waals surface area contributed by atoms with E-state index in [0.717, 1.165) is 12.8 Å². The number of carbonyl (C=O) groups excluding carboxylic acids is 1. The lowest BCUT2D eigenvalue weighted by molar-refractivity contribution is -0.122. The fourth-order valence-corrected chi connectivity index (χ4v) is 2.19. The lowest BCUT2D eigenvalue weighted by Gasteiger charge is -2.17. The number of benzene rings is 2. The summed E-state index contributed by atoms with van der Waals surface area (Å²) in [6, 6.07) is 14.6. The van der Waals surface area contributed by atoms with Crippen LogP contribution in [0.5, 0.6) is 17.2 Å². The van der Waals surface area contributed by atoms with Crippen molar-refractivity contribution in [1.82, 2.24) is 0 Å². The first kappa shape index (κ1) is 18.6. The molecule has 1 N–H and O–H groups in total. The maximum Gasteiger partial charge on any atom is 0.265 e. The van der Waals surface area contributed by atoms with Crippen LogP contribution in [0.3, 0.4) is 0 Å². The first-order valence-corrected chi connectivity index (χ1v) is 8.47. The molecule has 25 heavy (non-hydrogen) atoms. The van der Waals surface area contributed by atoms with E-state index in [-0.39, 0.29) is 5.91 Å². The molecule has 0 saturated carbocycles. The maximum absolute atomic E-state index is 12.4. The number of para-hydroxylation sites is 2. The van der Waals surface area contributed by atoms with Crippen molar-refractivity contribution < 1.29 is 19.0 Å². The van der Waals surface area contributed by atoms with Crippen LogP contribution >= 0.6 is 0 Å². The molecule has 134 valence electrons. The number of hydrogen-bond acceptors (Lipinski definition) is 4. The molecule has 1 unspecified atom stereocenters. The van der Waals surface area contributed by atoms with Gasteiger partial charge in [0.15, 0.2) is 6.10 Å². The summed E-state index contributed by atoms with van der Waals surface area (Å²) in [6.45, 7) is 4.43. The second-order valence-electron chi connectivity index (χ2n) is 5.63. The standard InChI is InChI=1S/C20H25NO4/c1-4-5-13-24-19-12-7-6-11-18(19)21-20(22)15(2)25-17-10-8-9-16(14-17)23-3/h6-12,14-15H,4-5,13H2,1-3H3,(H,21,22). The maximum atomic E-state index is 12.4. The van der Waals surface area contributed by atoms with Gasteiger partial charge in [-0.25, -0.2) is 0 Å². The summed E-state index contributed by atoms with van der Waals surface area (Å²) in [5.74, 6) is 1.68. The number of methoxy groups -OCH3 is 1. The molecule has 0 fully saturated rings. The van der Waals surface area contributed by atoms with E-state index < -0.39 is 6.10 Å². The molecular formula is C20H25NO4. The van der Waals surface area contributed by atoms with Crippen molar-refractivity contribution in [2.45, 2.75) is 32.8 Å². The van der Waals surface area contributed by atoms with Gasteiger partial charge in [0.25, 0.3) is 5.91 Å². The Hall–Kier alpha value is -2.69. The number of rotatable bonds is 9. The van der Waals surface area contributed by atoms with Crippen molar-refractivity contribution in [3.05, 3.63) is 48.5 Å². The zero-order valence-electron chi connectivity index (χ0n) is 15.0. The zero-order chi connectivity index (χ0) is 18.1. The zero-order valence-corrected chi connectivity index (χ0v) is 15.0. The van der Waals surface area contributed by atoms with Gasteiger partial charge < -0.3 is 19.5 Å². The Bertz CT molecular complexity index is 687. The average molecular weight is 343 g/mol. The Morgan fingerprint density at radius 3 is 2.64 bits per heavy atom. The predicted octanol–water partition coefficient (Wildman–Crippen LogP) is 4.28. The van der Waals surface area contributed by atoms with Crippen LogP contribution in [-0.4, -0.2) is 25.7 Å². The first-order chi connectivity index (χ1) is 12.1. The van der Waals surface area contributed by atoms with Crippen LogP contribution in [0.15, 0.2) is 48.5 Å². The average Bonchev–Trinajstić information content (AvgIpc) is 2.63. The van der Waals surface area contributed by atoms with Gasteiger partial charge in [0.2, 0.25) is 0 Å². The molecule has 0 radical (unpaired) electrons. The quantitative estimate of drug-likeness (QED) is 0.691. The molecule has 0 aliphatic carbocycles. The number of unbranched alkanes of at least 4 members (excludes halogenated alkanes) is 1. The highest BCUT2D eigenvalue weighted by atomic mass is 16.5. The van der Waals surface area contributed by atoms with Crippen molar-refractivity contribution in [3.63, 3.8) is 0 Å². The van der Waals surface area contributed by atoms with Crippen LogP contribution in [0.2, 0.25) is 0 Å². The Balaban J connectivity index is 1.98. The van der Waals surface area contributed by atoms with Crippen molar-refractivity contribution in [2.24, 2.45) is 0 Å². The summed E-state index contributed by atoms with van der Waals surface area (Å²) >= 11 is 0. The molecule has 2 aromatic rings. The van der Waals surface area contributed by atoms with Crippen molar-refractivity contribution in [1.29, 1.82) is 0 Å². The summed E-state index contributed by atoms with van der Waals surface area (Å²) in [4.78, 5) is 12.4. The monoisotopic (exact) mass is 343 g/mol. The van der Waals surface area contributed by atoms with Gasteiger partial charge in [-0.3, -0.25) is 4.79 Å². The minimum absolute atomic E-state index is 0.241. The number of anilines is 1. The number of amides is 1. The third kappa shape index (κ3) is 5.71. The molecule has 0 saturated heterocycles. The molecule has 0 aliphatic heterocycles. The number of nitrogens with one attached hydrogen (secondary N) is 1. The van der Waals surface area contributed by atoms with Gasteiger partial charge in [-0.15, -0.1) is 0 Å². The summed E-state index contributed by atoms with van der Waals surface area (Å²) in [5.41, 5.74) is 0.643. The van der Waals surface area contributed by atoms with Gasteiger partial charge >= 0.3 is 0 Å². The normalized spacial score (nSPS) is 11.5. The molecule has 1 amide bonds. The minimum Gasteiger partial charge on any atom is -0.497 e. The predicted molar refractivity (Wildman–Crippen MR) is 98.6 cm³/mol. The molecule has 1 atom stereocenters. The highest BCUT2D eigenvalue weighted by molar-refractivity contribution is 5.95. The van der Waals surface area contributed by atoms with E-state index >= 15 is 0 Å². The summed E-state index contributed by atoms with van der Waals surface area (Å²) in [6.07, 6.45) is 1.37. The molecule has 2 rings (SSSR count). The van der Waals surface area contributed by atoms with E-state index in [0.29, 0.717) is 29.5 Å². The highest BCUT2D eigenvalue weighted by Gasteiger charge is 2.17. The first-order valence-electron chi connectivity index (χ1n) is 8.47. The third-order valence-corrected chi connectivity index (χ3v) is 3.62. The van der Waals surface area contributed by atoms with E-state index in [1.165, 1.54) is 0 Å². The van der Waals surface area contributed by atoms with Gasteiger partial charge in [0.05, 0.1) is 19.4 Å². The van der Waals surface area contributed by atoms with Crippen molar-refractivity contribution >= 4 is 11.6 Å². The Morgan fingerprint density at radius 2 is 1.88 bits per heavy atom. The number of ether oxygens (including phenoxy) is 3. The van der Waals surface area contributed by atoms with E-state index in [2.05, 4.69) is 12.2 Å². The van der Waals surface area contributed by atoms with Crippen LogP contribution in [0.4, 0.5) is 5.69 Å². The molecule has 0 aromatic heterocycles. The molecule has 0 heterocycles. The topological polar surface area (TPSA) is 56.8 Å². The lowest BCUT2D eigenvalue weighted by atomic mass is 10.2. The van der Waals surface area contributed by atoms with Crippen LogP contribution in [0, 0.1) is 0 Å². The Morgan fingerprint density at radius 1 is 1.12 bits per heavy atom. The summed E-state index contributed by atoms with van der Waals surface area (Å²) in [7, 11) is 1.59. The highest BCUT2D eigenvalue weighted by Crippen LogP contribution is 2.25. The van der Waals surface area contributed by atoms with Crippen molar-refractivity contribution in [3.8, 4) is 17.2 Å². The third-order valence-electron chi connectivity index (χ3n) is 3.62. The summed E-state index contributed by atoms with van der Waals surface area (Å²) in [5, 5.41) is 2.87. The second kappa shape index (κ2) is 9.57. The smallest absolute Gasteiger partial charge is 0.265 e. The van der Waals surface area contributed by atoms with Gasteiger partial charge in [-0.2, -0.15) is 0 Å². The largest absolute Gasteiger partial charge is 0.497 e. The lowest BCUT2D eigenvalue weighted by Crippen LogP contribution is -2.30. The van der Waals surface area contributed by atoms with Gasteiger partial charge in [0.1, 0.15) is 17.2 Å². The summed E-state index contributed by atoms with van der Waals surface area (Å²) < 4.78 is 16.6. The van der Waals surface area contributed by atoms with Crippen LogP contribution < -0.4 is 19.5 Å². The van der Waals surface area contributed by atoms with E-state index in [9.17, 15) is 4.79 Å². The van der Waals surface area contributed by atoms with Crippen molar-refractivity contribution in [2.75, 3.05) is 19.0 Å². The molecule has 2 aromatic carbocycles. The Kier molecular flexibility index (Phi) is 7.14. The number of carbonyl (C=O) groups is 1. The van der Waals surface area contributed by atoms with E-state index in [4.69, 9.17) is 14.2 Å². The molecule has 0 aliphatic rings. The van der Waals surface area contributed by atoms with E-state index in [1.54, 1.807) is 26.2 Å². The van der Waals surface area contributed by atoms with Gasteiger partial charge in [-0.1, -0.05) is 31.5 Å². The SMILES string of the molecule is CCCCOc1ccccc1NC(=O)C(C)Oc1cccc(OC)c1. The molecular weight excluding hydrogens is 318 g/mol. The van der Waals surface area contributed by atoms with Crippen LogP contribution in [0.25, 0.3) is 0 Å². The fourth-order valence-electron chi connectivity index (χ4n) is 2.19. The van der Waals surface area contributed by atoms with Gasteiger partial charge in [0, 0.05) is 6.07 Å². The number of hydrogen-bond donors (Lipinski definition) is 1. The second-order valence-corrected chi connectivity index (χ2v) is 5.63.